The van der Waals surface area contributed by atoms with Crippen LogP contribution in [-0.4, -0.2) is 25.6 Å². The predicted octanol–water partition coefficient (Wildman–Crippen LogP) is 2.19. The molecule has 0 fully saturated rings. The molecule has 0 atom stereocenters. The van der Waals surface area contributed by atoms with E-state index in [1.807, 2.05) is 12.1 Å². The van der Waals surface area contributed by atoms with E-state index in [0.29, 0.717) is 11.7 Å². The molecule has 0 aromatic carbocycles. The van der Waals surface area contributed by atoms with E-state index < -0.39 is 0 Å². The molecular weight excluding hydrogens is 246 g/mol. The van der Waals surface area contributed by atoms with Gasteiger partial charge < -0.3 is 5.84 Å². The van der Waals surface area contributed by atoms with E-state index >= 15 is 0 Å². The van der Waals surface area contributed by atoms with Crippen molar-refractivity contribution >= 4 is 11.8 Å². The van der Waals surface area contributed by atoms with Crippen molar-refractivity contribution in [3.05, 3.63) is 24.5 Å². The van der Waals surface area contributed by atoms with Crippen molar-refractivity contribution in [2.24, 2.45) is 5.92 Å². The lowest BCUT2D eigenvalue weighted by Gasteiger charge is -2.04. The van der Waals surface area contributed by atoms with Crippen molar-refractivity contribution in [3.63, 3.8) is 0 Å². The molecule has 0 radical (unpaired) electrons. The normalized spacial score (nSPS) is 11.1. The van der Waals surface area contributed by atoms with Crippen LogP contribution in [0, 0.1) is 5.92 Å². The summed E-state index contributed by atoms with van der Waals surface area (Å²) in [6.45, 7) is 4.41. The van der Waals surface area contributed by atoms with Gasteiger partial charge in [-0.05, 0) is 24.5 Å². The van der Waals surface area contributed by atoms with Crippen LogP contribution in [0.25, 0.3) is 11.4 Å². The minimum absolute atomic E-state index is 0.648. The standard InChI is InChI=1S/C12H17N5S/c1-9(2)5-7-18-12-16-15-11(17(12)13)10-4-3-6-14-8-10/h3-4,6,8-9H,5,7,13H2,1-2H3. The molecule has 0 unspecified atom stereocenters. The molecule has 2 N–H and O–H groups in total. The minimum Gasteiger partial charge on any atom is -0.335 e. The first-order valence-corrected chi connectivity index (χ1v) is 6.90. The average Bonchev–Trinajstić information content (AvgIpc) is 2.72. The molecule has 2 aromatic rings. The SMILES string of the molecule is CC(C)CCSc1nnc(-c2cccnc2)n1N. The molecule has 0 aliphatic heterocycles. The summed E-state index contributed by atoms with van der Waals surface area (Å²) < 4.78 is 1.53. The molecule has 0 bridgehead atoms. The van der Waals surface area contributed by atoms with Crippen LogP contribution in [0.15, 0.2) is 29.7 Å². The van der Waals surface area contributed by atoms with Crippen molar-refractivity contribution in [2.75, 3.05) is 11.6 Å². The van der Waals surface area contributed by atoms with E-state index in [2.05, 4.69) is 29.0 Å². The van der Waals surface area contributed by atoms with Gasteiger partial charge in [-0.15, -0.1) is 10.2 Å². The second-order valence-corrected chi connectivity index (χ2v) is 5.51. The van der Waals surface area contributed by atoms with Gasteiger partial charge in [-0.3, -0.25) is 4.98 Å². The number of nitrogens with zero attached hydrogens (tertiary/aromatic N) is 4. The van der Waals surface area contributed by atoms with Crippen LogP contribution in [0.2, 0.25) is 0 Å². The largest absolute Gasteiger partial charge is 0.335 e. The highest BCUT2D eigenvalue weighted by Gasteiger charge is 2.11. The summed E-state index contributed by atoms with van der Waals surface area (Å²) in [5.74, 6) is 8.33. The number of aromatic nitrogens is 4. The number of pyridine rings is 1. The van der Waals surface area contributed by atoms with Crippen LogP contribution in [0.3, 0.4) is 0 Å². The third-order valence-corrected chi connectivity index (χ3v) is 3.49. The lowest BCUT2D eigenvalue weighted by Crippen LogP contribution is -2.11. The van der Waals surface area contributed by atoms with E-state index in [-0.39, 0.29) is 0 Å². The van der Waals surface area contributed by atoms with Crippen LogP contribution in [0.5, 0.6) is 0 Å². The van der Waals surface area contributed by atoms with Gasteiger partial charge in [0.25, 0.3) is 0 Å². The molecule has 0 saturated carbocycles. The molecule has 0 amide bonds. The molecule has 0 aliphatic carbocycles. The average molecular weight is 263 g/mol. The molecular formula is C12H17N5S. The fraction of sp³-hybridized carbons (Fsp3) is 0.417. The van der Waals surface area contributed by atoms with Gasteiger partial charge in [0.2, 0.25) is 5.16 Å². The van der Waals surface area contributed by atoms with Gasteiger partial charge in [0.1, 0.15) is 0 Å². The van der Waals surface area contributed by atoms with Gasteiger partial charge >= 0.3 is 0 Å². The third kappa shape index (κ3) is 3.01. The lowest BCUT2D eigenvalue weighted by molar-refractivity contribution is 0.631. The first kappa shape index (κ1) is 12.9. The second kappa shape index (κ2) is 5.86. The monoisotopic (exact) mass is 263 g/mol. The van der Waals surface area contributed by atoms with Crippen molar-refractivity contribution in [2.45, 2.75) is 25.4 Å². The van der Waals surface area contributed by atoms with Crippen LogP contribution in [-0.2, 0) is 0 Å². The highest BCUT2D eigenvalue weighted by atomic mass is 32.2. The Labute approximate surface area is 111 Å². The van der Waals surface area contributed by atoms with Crippen LogP contribution in [0.4, 0.5) is 0 Å². The van der Waals surface area contributed by atoms with Gasteiger partial charge in [0, 0.05) is 23.7 Å². The second-order valence-electron chi connectivity index (χ2n) is 4.45. The van der Waals surface area contributed by atoms with E-state index in [4.69, 9.17) is 5.84 Å². The number of nitrogens with two attached hydrogens (primary N) is 1. The molecule has 2 aromatic heterocycles. The quantitative estimate of drug-likeness (QED) is 0.661. The topological polar surface area (TPSA) is 69.6 Å². The van der Waals surface area contributed by atoms with E-state index in [0.717, 1.165) is 22.9 Å². The molecule has 0 spiro atoms. The van der Waals surface area contributed by atoms with Gasteiger partial charge in [0.05, 0.1) is 0 Å². The van der Waals surface area contributed by atoms with Gasteiger partial charge in [0.15, 0.2) is 5.82 Å². The predicted molar refractivity (Wildman–Crippen MR) is 73.6 cm³/mol. The molecule has 0 aliphatic rings. The zero-order valence-corrected chi connectivity index (χ0v) is 11.4. The van der Waals surface area contributed by atoms with E-state index in [1.54, 1.807) is 24.2 Å². The zero-order chi connectivity index (χ0) is 13.0. The minimum atomic E-state index is 0.648. The van der Waals surface area contributed by atoms with Crippen molar-refractivity contribution in [1.29, 1.82) is 0 Å². The number of hydrogen-bond acceptors (Lipinski definition) is 5. The van der Waals surface area contributed by atoms with E-state index in [1.165, 1.54) is 4.68 Å². The Morgan fingerprint density at radius 3 is 2.89 bits per heavy atom. The first-order valence-electron chi connectivity index (χ1n) is 5.92. The van der Waals surface area contributed by atoms with Crippen LogP contribution in [0.1, 0.15) is 20.3 Å². The first-order chi connectivity index (χ1) is 8.68. The summed E-state index contributed by atoms with van der Waals surface area (Å²) in [6, 6.07) is 3.78. The summed E-state index contributed by atoms with van der Waals surface area (Å²) >= 11 is 1.63. The van der Waals surface area contributed by atoms with Crippen LogP contribution >= 0.6 is 11.8 Å². The summed E-state index contributed by atoms with van der Waals surface area (Å²) in [6.07, 6.45) is 4.59. The molecule has 0 saturated heterocycles. The number of nitrogen functional groups attached to an aromatic ring is 1. The maximum Gasteiger partial charge on any atom is 0.210 e. The number of thioether (sulfide) groups is 1. The molecule has 2 rings (SSSR count). The fourth-order valence-electron chi connectivity index (χ4n) is 1.45. The Morgan fingerprint density at radius 2 is 2.22 bits per heavy atom. The van der Waals surface area contributed by atoms with Gasteiger partial charge in [-0.1, -0.05) is 25.6 Å². The molecule has 96 valence electrons. The van der Waals surface area contributed by atoms with Gasteiger partial charge in [-0.2, -0.15) is 0 Å². The summed E-state index contributed by atoms with van der Waals surface area (Å²) in [4.78, 5) is 4.05. The lowest BCUT2D eigenvalue weighted by atomic mass is 10.2. The molecule has 18 heavy (non-hydrogen) atoms. The Balaban J connectivity index is 2.09. The van der Waals surface area contributed by atoms with Crippen molar-refractivity contribution < 1.29 is 0 Å². The molecule has 6 heteroatoms. The highest BCUT2D eigenvalue weighted by Crippen LogP contribution is 2.22. The number of rotatable bonds is 5. The van der Waals surface area contributed by atoms with Crippen molar-refractivity contribution in [1.82, 2.24) is 19.9 Å². The Bertz CT molecular complexity index is 494. The number of hydrogen-bond donors (Lipinski definition) is 1. The third-order valence-electron chi connectivity index (χ3n) is 2.51. The fourth-order valence-corrected chi connectivity index (χ4v) is 2.55. The highest BCUT2D eigenvalue weighted by molar-refractivity contribution is 7.99. The summed E-state index contributed by atoms with van der Waals surface area (Å²) in [7, 11) is 0. The van der Waals surface area contributed by atoms with E-state index in [9.17, 15) is 0 Å². The maximum absolute atomic E-state index is 6.00. The van der Waals surface area contributed by atoms with Crippen molar-refractivity contribution in [3.8, 4) is 11.4 Å². The summed E-state index contributed by atoms with van der Waals surface area (Å²) in [5, 5.41) is 8.97. The maximum atomic E-state index is 6.00. The zero-order valence-electron chi connectivity index (χ0n) is 10.6. The Hall–Kier alpha value is -1.56. The Morgan fingerprint density at radius 1 is 1.39 bits per heavy atom. The smallest absolute Gasteiger partial charge is 0.210 e. The van der Waals surface area contributed by atoms with Crippen LogP contribution < -0.4 is 5.84 Å². The Kier molecular flexibility index (Phi) is 4.19. The molecule has 2 heterocycles. The summed E-state index contributed by atoms with van der Waals surface area (Å²) in [5.41, 5.74) is 0.878. The van der Waals surface area contributed by atoms with Gasteiger partial charge in [-0.25, -0.2) is 4.68 Å². The molecule has 5 nitrogen and oxygen atoms in total.